The Morgan fingerprint density at radius 3 is 1.65 bits per heavy atom. The Labute approximate surface area is 152 Å². The average molecular weight is 355 g/mol. The Balaban J connectivity index is 2.89. The summed E-state index contributed by atoms with van der Waals surface area (Å²) in [6.45, 7) is 11.2. The quantitative estimate of drug-likeness (QED) is 0.469. The standard InChI is InChI=1S/C20H34OS2/c1-6-8-10-22-14-16-12-18(20(3,4)5)13-17(19(16)21)15-23-11-9-7-2/h12-13,21H,6-11,14-15H2,1-5H3. The van der Waals surface area contributed by atoms with Crippen molar-refractivity contribution in [2.75, 3.05) is 11.5 Å². The van der Waals surface area contributed by atoms with Crippen LogP contribution in [0.25, 0.3) is 0 Å². The molecule has 1 nitrogen and oxygen atoms in total. The molecule has 0 fully saturated rings. The number of phenolic OH excluding ortho intramolecular Hbond substituents is 1. The zero-order valence-corrected chi connectivity index (χ0v) is 17.2. The molecule has 0 aromatic heterocycles. The number of aromatic hydroxyl groups is 1. The van der Waals surface area contributed by atoms with Gasteiger partial charge in [-0.05, 0) is 35.3 Å². The fourth-order valence-corrected chi connectivity index (χ4v) is 4.42. The van der Waals surface area contributed by atoms with E-state index in [4.69, 9.17) is 0 Å². The highest BCUT2D eigenvalue weighted by Gasteiger charge is 2.18. The van der Waals surface area contributed by atoms with E-state index in [1.165, 1.54) is 42.8 Å². The Kier molecular flexibility index (Phi) is 9.53. The minimum Gasteiger partial charge on any atom is -0.507 e. The number of benzene rings is 1. The summed E-state index contributed by atoms with van der Waals surface area (Å²) in [6.07, 6.45) is 4.98. The van der Waals surface area contributed by atoms with Crippen molar-refractivity contribution in [1.82, 2.24) is 0 Å². The highest BCUT2D eigenvalue weighted by Crippen LogP contribution is 2.35. The lowest BCUT2D eigenvalue weighted by Crippen LogP contribution is -2.12. The van der Waals surface area contributed by atoms with E-state index in [0.29, 0.717) is 5.75 Å². The minimum absolute atomic E-state index is 0.124. The summed E-state index contributed by atoms with van der Waals surface area (Å²) in [5.41, 5.74) is 3.70. The maximum absolute atomic E-state index is 10.7. The van der Waals surface area contributed by atoms with Gasteiger partial charge >= 0.3 is 0 Å². The first-order chi connectivity index (χ1) is 10.9. The molecular weight excluding hydrogens is 320 g/mol. The molecule has 0 heterocycles. The summed E-state index contributed by atoms with van der Waals surface area (Å²) in [5, 5.41) is 10.7. The lowest BCUT2D eigenvalue weighted by Gasteiger charge is -2.22. The van der Waals surface area contributed by atoms with Crippen LogP contribution in [0.15, 0.2) is 12.1 Å². The number of hydrogen-bond donors (Lipinski definition) is 1. The Bertz CT molecular complexity index is 430. The molecule has 0 unspecified atom stereocenters. The lowest BCUT2D eigenvalue weighted by atomic mass is 9.85. The van der Waals surface area contributed by atoms with Crippen molar-refractivity contribution < 1.29 is 5.11 Å². The van der Waals surface area contributed by atoms with Crippen LogP contribution in [0, 0.1) is 0 Å². The summed E-state index contributed by atoms with van der Waals surface area (Å²) in [4.78, 5) is 0. The monoisotopic (exact) mass is 354 g/mol. The SMILES string of the molecule is CCCCSCc1cc(C(C)(C)C)cc(CSCCCC)c1O. The van der Waals surface area contributed by atoms with Crippen molar-refractivity contribution in [3.05, 3.63) is 28.8 Å². The molecular formula is C20H34OS2. The van der Waals surface area contributed by atoms with E-state index in [1.54, 1.807) is 0 Å². The van der Waals surface area contributed by atoms with E-state index >= 15 is 0 Å². The zero-order valence-electron chi connectivity index (χ0n) is 15.6. The molecule has 1 N–H and O–H groups in total. The molecule has 0 aliphatic rings. The zero-order chi connectivity index (χ0) is 17.3. The molecule has 132 valence electrons. The summed E-state index contributed by atoms with van der Waals surface area (Å²) >= 11 is 3.88. The van der Waals surface area contributed by atoms with Gasteiger partial charge in [-0.25, -0.2) is 0 Å². The summed E-state index contributed by atoms with van der Waals surface area (Å²) in [7, 11) is 0. The smallest absolute Gasteiger partial charge is 0.123 e. The van der Waals surface area contributed by atoms with Crippen LogP contribution in [0.3, 0.4) is 0 Å². The van der Waals surface area contributed by atoms with Crippen LogP contribution in [-0.2, 0) is 16.9 Å². The second-order valence-corrected chi connectivity index (χ2v) is 9.42. The normalized spacial score (nSPS) is 11.9. The molecule has 0 aliphatic carbocycles. The van der Waals surface area contributed by atoms with Crippen molar-refractivity contribution in [1.29, 1.82) is 0 Å². The predicted molar refractivity (Wildman–Crippen MR) is 109 cm³/mol. The molecule has 0 bridgehead atoms. The molecule has 0 radical (unpaired) electrons. The molecule has 0 spiro atoms. The van der Waals surface area contributed by atoms with Crippen LogP contribution in [0.1, 0.15) is 77.0 Å². The molecule has 1 rings (SSSR count). The molecule has 3 heteroatoms. The first-order valence-electron chi connectivity index (χ1n) is 8.90. The number of thioether (sulfide) groups is 2. The predicted octanol–water partition coefficient (Wildman–Crippen LogP) is 6.76. The summed E-state index contributed by atoms with van der Waals surface area (Å²) < 4.78 is 0. The van der Waals surface area contributed by atoms with Gasteiger partial charge in [0.2, 0.25) is 0 Å². The Morgan fingerprint density at radius 2 is 1.30 bits per heavy atom. The van der Waals surface area contributed by atoms with E-state index in [0.717, 1.165) is 22.6 Å². The molecule has 0 saturated carbocycles. The van der Waals surface area contributed by atoms with E-state index < -0.39 is 0 Å². The van der Waals surface area contributed by atoms with Gasteiger partial charge in [-0.3, -0.25) is 0 Å². The lowest BCUT2D eigenvalue weighted by molar-refractivity contribution is 0.464. The van der Waals surface area contributed by atoms with Crippen molar-refractivity contribution in [2.45, 2.75) is 77.2 Å². The second kappa shape index (κ2) is 10.6. The van der Waals surface area contributed by atoms with Crippen LogP contribution in [0.2, 0.25) is 0 Å². The third kappa shape index (κ3) is 7.43. The minimum atomic E-state index is 0.124. The average Bonchev–Trinajstić information content (AvgIpc) is 2.49. The van der Waals surface area contributed by atoms with Gasteiger partial charge < -0.3 is 5.11 Å². The van der Waals surface area contributed by atoms with Gasteiger partial charge in [-0.2, -0.15) is 23.5 Å². The third-order valence-electron chi connectivity index (χ3n) is 3.93. The molecule has 23 heavy (non-hydrogen) atoms. The maximum atomic E-state index is 10.7. The molecule has 0 aliphatic heterocycles. The van der Waals surface area contributed by atoms with Gasteiger partial charge in [0.05, 0.1) is 0 Å². The van der Waals surface area contributed by atoms with Gasteiger partial charge in [-0.15, -0.1) is 0 Å². The van der Waals surface area contributed by atoms with E-state index in [9.17, 15) is 5.11 Å². The molecule has 0 amide bonds. The van der Waals surface area contributed by atoms with Gasteiger partial charge in [-0.1, -0.05) is 59.6 Å². The van der Waals surface area contributed by atoms with Gasteiger partial charge in [0.15, 0.2) is 0 Å². The molecule has 0 atom stereocenters. The van der Waals surface area contributed by atoms with Crippen LogP contribution < -0.4 is 0 Å². The van der Waals surface area contributed by atoms with Gasteiger partial charge in [0, 0.05) is 22.6 Å². The van der Waals surface area contributed by atoms with E-state index in [-0.39, 0.29) is 5.41 Å². The summed E-state index contributed by atoms with van der Waals surface area (Å²) in [5.74, 6) is 4.73. The van der Waals surface area contributed by atoms with Crippen molar-refractivity contribution >= 4 is 23.5 Å². The van der Waals surface area contributed by atoms with Crippen LogP contribution in [0.4, 0.5) is 0 Å². The number of hydrogen-bond acceptors (Lipinski definition) is 3. The largest absolute Gasteiger partial charge is 0.507 e. The van der Waals surface area contributed by atoms with Crippen LogP contribution >= 0.6 is 23.5 Å². The maximum Gasteiger partial charge on any atom is 0.123 e. The number of rotatable bonds is 10. The highest BCUT2D eigenvalue weighted by atomic mass is 32.2. The Morgan fingerprint density at radius 1 is 0.870 bits per heavy atom. The molecule has 0 saturated heterocycles. The third-order valence-corrected chi connectivity index (χ3v) is 6.12. The topological polar surface area (TPSA) is 20.2 Å². The van der Waals surface area contributed by atoms with Crippen molar-refractivity contribution in [3.8, 4) is 5.75 Å². The van der Waals surface area contributed by atoms with Gasteiger partial charge in [0.25, 0.3) is 0 Å². The summed E-state index contributed by atoms with van der Waals surface area (Å²) in [6, 6.07) is 4.43. The molecule has 1 aromatic carbocycles. The van der Waals surface area contributed by atoms with Crippen molar-refractivity contribution in [2.24, 2.45) is 0 Å². The fraction of sp³-hybridized carbons (Fsp3) is 0.700. The van der Waals surface area contributed by atoms with Gasteiger partial charge in [0.1, 0.15) is 5.75 Å². The second-order valence-electron chi connectivity index (χ2n) is 7.21. The van der Waals surface area contributed by atoms with Crippen molar-refractivity contribution in [3.63, 3.8) is 0 Å². The van der Waals surface area contributed by atoms with E-state index in [1.807, 2.05) is 23.5 Å². The first kappa shape index (κ1) is 20.8. The van der Waals surface area contributed by atoms with Crippen LogP contribution in [-0.4, -0.2) is 16.6 Å². The van der Waals surface area contributed by atoms with E-state index in [2.05, 4.69) is 46.8 Å². The van der Waals surface area contributed by atoms with Crippen LogP contribution in [0.5, 0.6) is 5.75 Å². The number of unbranched alkanes of at least 4 members (excludes halogenated alkanes) is 2. The highest BCUT2D eigenvalue weighted by molar-refractivity contribution is 7.98. The molecule has 1 aromatic rings. The fourth-order valence-electron chi connectivity index (χ4n) is 2.27. The first-order valence-corrected chi connectivity index (χ1v) is 11.2. The Hall–Kier alpha value is -0.280. The number of phenols is 1.